The highest BCUT2D eigenvalue weighted by atomic mass is 32.2. The lowest BCUT2D eigenvalue weighted by Gasteiger charge is -2.36. The van der Waals surface area contributed by atoms with Gasteiger partial charge in [-0.25, -0.2) is 13.2 Å². The molecule has 0 radical (unpaired) electrons. The summed E-state index contributed by atoms with van der Waals surface area (Å²) in [5.41, 5.74) is 2.98. The van der Waals surface area contributed by atoms with Crippen molar-refractivity contribution in [1.29, 1.82) is 0 Å². The van der Waals surface area contributed by atoms with Gasteiger partial charge in [-0.05, 0) is 51.8 Å². The summed E-state index contributed by atoms with van der Waals surface area (Å²) in [7, 11) is -2.53. The zero-order valence-electron chi connectivity index (χ0n) is 16.8. The number of carbonyl (C=O) groups is 1. The lowest BCUT2D eigenvalue weighted by atomic mass is 10.1. The predicted octanol–water partition coefficient (Wildman–Crippen LogP) is 3.31. The molecule has 1 aromatic carbocycles. The highest BCUT2D eigenvalue weighted by Crippen LogP contribution is 2.35. The summed E-state index contributed by atoms with van der Waals surface area (Å²) >= 11 is 0. The van der Waals surface area contributed by atoms with Crippen LogP contribution >= 0.6 is 0 Å². The molecular weight excluding hydrogens is 411 g/mol. The molecule has 0 bridgehead atoms. The van der Waals surface area contributed by atoms with E-state index < -0.39 is 44.0 Å². The van der Waals surface area contributed by atoms with Crippen LogP contribution in [-0.2, 0) is 20.9 Å². The fourth-order valence-electron chi connectivity index (χ4n) is 3.04. The van der Waals surface area contributed by atoms with Crippen molar-refractivity contribution in [1.82, 2.24) is 9.21 Å². The van der Waals surface area contributed by atoms with Crippen LogP contribution in [0.5, 0.6) is 0 Å². The first-order valence-electron chi connectivity index (χ1n) is 9.05. The molecule has 0 aliphatic carbocycles. The Labute approximate surface area is 168 Å². The molecule has 1 heterocycles. The van der Waals surface area contributed by atoms with E-state index in [-0.39, 0.29) is 19.1 Å². The van der Waals surface area contributed by atoms with Crippen molar-refractivity contribution in [2.45, 2.75) is 56.3 Å². The number of hydrogen-bond acceptors (Lipinski definition) is 5. The summed E-state index contributed by atoms with van der Waals surface area (Å²) in [6.45, 7) is 5.39. The van der Waals surface area contributed by atoms with E-state index in [2.05, 4.69) is 0 Å². The van der Waals surface area contributed by atoms with Crippen LogP contribution in [0.25, 0.3) is 0 Å². The van der Waals surface area contributed by atoms with Crippen LogP contribution in [0.3, 0.4) is 0 Å². The van der Waals surface area contributed by atoms with Gasteiger partial charge in [0, 0.05) is 31.9 Å². The molecule has 1 fully saturated rings. The number of nitrogens with two attached hydrogens (primary N) is 1. The van der Waals surface area contributed by atoms with E-state index in [9.17, 15) is 26.4 Å². The molecule has 1 aliphatic rings. The number of piperidine rings is 1. The van der Waals surface area contributed by atoms with Gasteiger partial charge in [0.05, 0.1) is 10.5 Å². The molecule has 1 amide bonds. The Morgan fingerprint density at radius 3 is 2.24 bits per heavy atom. The van der Waals surface area contributed by atoms with Crippen LogP contribution in [-0.4, -0.2) is 55.5 Å². The quantitative estimate of drug-likeness (QED) is 0.733. The van der Waals surface area contributed by atoms with Gasteiger partial charge in [-0.15, -0.1) is 0 Å². The average Bonchev–Trinajstić information content (AvgIpc) is 2.59. The zero-order chi connectivity index (χ0) is 22.2. The van der Waals surface area contributed by atoms with Crippen molar-refractivity contribution in [3.05, 3.63) is 23.8 Å². The van der Waals surface area contributed by atoms with Gasteiger partial charge in [0.25, 0.3) is 0 Å². The van der Waals surface area contributed by atoms with Crippen molar-refractivity contribution in [2.75, 3.05) is 25.9 Å². The number of alkyl halides is 3. The maximum absolute atomic E-state index is 13.1. The Kier molecular flexibility index (Phi) is 6.43. The monoisotopic (exact) mass is 437 g/mol. The van der Waals surface area contributed by atoms with Gasteiger partial charge >= 0.3 is 12.3 Å². The molecule has 11 heteroatoms. The number of amides is 1. The largest absolute Gasteiger partial charge is 0.444 e. The SMILES string of the molecule is CN(C(=O)OC(C)(C)C)C1CCN(S(=O)(=O)c2ccc(N)c(C(F)(F)F)c2)CC1. The molecule has 0 aromatic heterocycles. The highest BCUT2D eigenvalue weighted by molar-refractivity contribution is 7.89. The van der Waals surface area contributed by atoms with Crippen molar-refractivity contribution >= 4 is 21.8 Å². The number of rotatable bonds is 3. The number of ether oxygens (including phenoxy) is 1. The topological polar surface area (TPSA) is 92.9 Å². The predicted molar refractivity (Wildman–Crippen MR) is 102 cm³/mol. The molecule has 7 nitrogen and oxygen atoms in total. The van der Waals surface area contributed by atoms with E-state index in [0.29, 0.717) is 18.9 Å². The fourth-order valence-corrected chi connectivity index (χ4v) is 4.54. The number of halogens is 3. The lowest BCUT2D eigenvalue weighted by molar-refractivity contribution is -0.137. The van der Waals surface area contributed by atoms with Gasteiger partial charge in [0.15, 0.2) is 0 Å². The van der Waals surface area contributed by atoms with E-state index in [0.717, 1.165) is 16.4 Å². The average molecular weight is 437 g/mol. The number of sulfonamides is 1. The molecule has 1 aromatic rings. The molecule has 0 unspecified atom stereocenters. The third-order valence-electron chi connectivity index (χ3n) is 4.62. The first kappa shape index (κ1) is 23.3. The third-order valence-corrected chi connectivity index (χ3v) is 6.52. The first-order chi connectivity index (χ1) is 13.1. The maximum atomic E-state index is 13.1. The van der Waals surface area contributed by atoms with E-state index >= 15 is 0 Å². The van der Waals surface area contributed by atoms with E-state index in [1.165, 1.54) is 4.90 Å². The van der Waals surface area contributed by atoms with Crippen LogP contribution in [0.2, 0.25) is 0 Å². The summed E-state index contributed by atoms with van der Waals surface area (Å²) in [6.07, 6.45) is -4.57. The van der Waals surface area contributed by atoms with Gasteiger partial charge in [-0.2, -0.15) is 17.5 Å². The van der Waals surface area contributed by atoms with Gasteiger partial charge in [0.1, 0.15) is 5.60 Å². The standard InChI is InChI=1S/C18H26F3N3O4S/c1-17(2,3)28-16(25)23(4)12-7-9-24(10-8-12)29(26,27)13-5-6-15(22)14(11-13)18(19,20)21/h5-6,11-12H,7-10,22H2,1-4H3. The molecule has 0 saturated carbocycles. The Hall–Kier alpha value is -2.01. The normalized spacial score (nSPS) is 17.2. The van der Waals surface area contributed by atoms with Crippen LogP contribution < -0.4 is 5.73 Å². The highest BCUT2D eigenvalue weighted by Gasteiger charge is 2.37. The van der Waals surface area contributed by atoms with Crippen molar-refractivity contribution < 1.29 is 31.1 Å². The maximum Gasteiger partial charge on any atom is 0.418 e. The molecule has 2 N–H and O–H groups in total. The second-order valence-corrected chi connectivity index (χ2v) is 9.91. The van der Waals surface area contributed by atoms with Crippen molar-refractivity contribution in [2.24, 2.45) is 0 Å². The molecular formula is C18H26F3N3O4S. The number of nitrogens with zero attached hydrogens (tertiary/aromatic N) is 2. The minimum Gasteiger partial charge on any atom is -0.444 e. The third kappa shape index (κ3) is 5.53. The number of nitrogen functional groups attached to an aromatic ring is 1. The number of hydrogen-bond donors (Lipinski definition) is 1. The van der Waals surface area contributed by atoms with Crippen LogP contribution in [0.4, 0.5) is 23.7 Å². The van der Waals surface area contributed by atoms with Gasteiger partial charge in [-0.3, -0.25) is 0 Å². The summed E-state index contributed by atoms with van der Waals surface area (Å²) in [5, 5.41) is 0. The van der Waals surface area contributed by atoms with Gasteiger partial charge < -0.3 is 15.4 Å². The Bertz CT molecular complexity index is 858. The first-order valence-corrected chi connectivity index (χ1v) is 10.5. The van der Waals surface area contributed by atoms with Crippen molar-refractivity contribution in [3.8, 4) is 0 Å². The van der Waals surface area contributed by atoms with Gasteiger partial charge in [0.2, 0.25) is 10.0 Å². The molecule has 0 atom stereocenters. The Morgan fingerprint density at radius 1 is 1.21 bits per heavy atom. The van der Waals surface area contributed by atoms with Gasteiger partial charge in [-0.1, -0.05) is 0 Å². The second kappa shape index (κ2) is 8.02. The molecule has 164 valence electrons. The van der Waals surface area contributed by atoms with Crippen LogP contribution in [0.1, 0.15) is 39.2 Å². The summed E-state index contributed by atoms with van der Waals surface area (Å²) in [5.74, 6) is 0. The Balaban J connectivity index is 2.12. The number of carbonyl (C=O) groups excluding carboxylic acids is 1. The molecule has 0 spiro atoms. The number of anilines is 1. The Morgan fingerprint density at radius 2 is 1.76 bits per heavy atom. The fraction of sp³-hybridized carbons (Fsp3) is 0.611. The van der Waals surface area contributed by atoms with Crippen LogP contribution in [0.15, 0.2) is 23.1 Å². The smallest absolute Gasteiger partial charge is 0.418 e. The zero-order valence-corrected chi connectivity index (χ0v) is 17.6. The minimum absolute atomic E-state index is 0.0753. The molecule has 1 aliphatic heterocycles. The second-order valence-electron chi connectivity index (χ2n) is 7.97. The molecule has 29 heavy (non-hydrogen) atoms. The van der Waals surface area contributed by atoms with Crippen LogP contribution in [0, 0.1) is 0 Å². The molecule has 2 rings (SSSR count). The summed E-state index contributed by atoms with van der Waals surface area (Å²) in [4.78, 5) is 13.1. The van der Waals surface area contributed by atoms with E-state index in [4.69, 9.17) is 10.5 Å². The summed E-state index contributed by atoms with van der Waals surface area (Å²) in [6, 6.07) is 2.34. The van der Waals surface area contributed by atoms with E-state index in [1.54, 1.807) is 27.8 Å². The molecule has 1 saturated heterocycles. The van der Waals surface area contributed by atoms with E-state index in [1.807, 2.05) is 0 Å². The minimum atomic E-state index is -4.75. The summed E-state index contributed by atoms with van der Waals surface area (Å²) < 4.78 is 71.2. The number of benzene rings is 1. The van der Waals surface area contributed by atoms with Crippen molar-refractivity contribution in [3.63, 3.8) is 0 Å². The lowest BCUT2D eigenvalue weighted by Crippen LogP contribution is -2.48.